The number of imidazole rings is 1. The Balaban J connectivity index is 1.65. The number of benzene rings is 1. The molecular weight excluding hydrogens is 234 g/mol. The highest BCUT2D eigenvalue weighted by Crippen LogP contribution is 2.19. The highest BCUT2D eigenvalue weighted by molar-refractivity contribution is 5.30. The van der Waals surface area contributed by atoms with Crippen LogP contribution in [0.15, 0.2) is 24.4 Å². The van der Waals surface area contributed by atoms with Gasteiger partial charge in [0.2, 0.25) is 0 Å². The first-order valence-corrected chi connectivity index (χ1v) is 7.02. The highest BCUT2D eigenvalue weighted by Gasteiger charge is 2.20. The molecule has 3 nitrogen and oxygen atoms in total. The van der Waals surface area contributed by atoms with Gasteiger partial charge in [-0.05, 0) is 32.3 Å². The molecule has 0 amide bonds. The molecule has 0 saturated heterocycles. The molecule has 2 aromatic rings. The van der Waals surface area contributed by atoms with Gasteiger partial charge in [-0.3, -0.25) is 0 Å². The summed E-state index contributed by atoms with van der Waals surface area (Å²) in [6.07, 6.45) is 5.48. The summed E-state index contributed by atoms with van der Waals surface area (Å²) < 4.78 is 0. The summed E-state index contributed by atoms with van der Waals surface area (Å²) in [6.45, 7) is 5.19. The van der Waals surface area contributed by atoms with E-state index in [2.05, 4.69) is 47.3 Å². The lowest BCUT2D eigenvalue weighted by Crippen LogP contribution is -2.15. The lowest BCUT2D eigenvalue weighted by atomic mass is 10.1. The Morgan fingerprint density at radius 2 is 1.95 bits per heavy atom. The van der Waals surface area contributed by atoms with Crippen LogP contribution in [0.5, 0.6) is 0 Å². The second-order valence-electron chi connectivity index (χ2n) is 5.68. The van der Waals surface area contributed by atoms with E-state index in [1.165, 1.54) is 35.2 Å². The molecule has 0 spiro atoms. The fourth-order valence-electron chi connectivity index (χ4n) is 2.49. The van der Waals surface area contributed by atoms with Gasteiger partial charge in [0.1, 0.15) is 5.82 Å². The zero-order valence-corrected chi connectivity index (χ0v) is 11.7. The molecule has 1 aliphatic carbocycles. The fourth-order valence-corrected chi connectivity index (χ4v) is 2.49. The maximum Gasteiger partial charge on any atom is 0.110 e. The molecule has 1 fully saturated rings. The molecule has 100 valence electrons. The van der Waals surface area contributed by atoms with Gasteiger partial charge in [-0.25, -0.2) is 4.98 Å². The van der Waals surface area contributed by atoms with Gasteiger partial charge < -0.3 is 10.3 Å². The molecule has 1 heterocycles. The third-order valence-electron chi connectivity index (χ3n) is 3.49. The van der Waals surface area contributed by atoms with E-state index in [1.54, 1.807) is 0 Å². The van der Waals surface area contributed by atoms with Gasteiger partial charge >= 0.3 is 0 Å². The van der Waals surface area contributed by atoms with Crippen molar-refractivity contribution in [3.8, 4) is 0 Å². The van der Waals surface area contributed by atoms with Crippen LogP contribution in [0.25, 0.3) is 0 Å². The predicted octanol–water partition coefficient (Wildman–Crippen LogP) is 2.87. The van der Waals surface area contributed by atoms with Crippen LogP contribution in [0.3, 0.4) is 0 Å². The Hall–Kier alpha value is -1.61. The molecule has 0 atom stereocenters. The SMILES string of the molecule is Cc1cc(C)cc(Cc2ncc(CNC3CC3)[nH]2)c1. The van der Waals surface area contributed by atoms with E-state index >= 15 is 0 Å². The number of nitrogens with one attached hydrogen (secondary N) is 2. The Kier molecular flexibility index (Phi) is 3.38. The van der Waals surface area contributed by atoms with Crippen molar-refractivity contribution in [2.24, 2.45) is 0 Å². The minimum atomic E-state index is 0.742. The summed E-state index contributed by atoms with van der Waals surface area (Å²) in [5.41, 5.74) is 5.15. The second kappa shape index (κ2) is 5.17. The Morgan fingerprint density at radius 3 is 2.63 bits per heavy atom. The largest absolute Gasteiger partial charge is 0.345 e. The molecular formula is C16H21N3. The molecule has 2 N–H and O–H groups in total. The van der Waals surface area contributed by atoms with E-state index in [0.29, 0.717) is 0 Å². The van der Waals surface area contributed by atoms with E-state index in [4.69, 9.17) is 0 Å². The van der Waals surface area contributed by atoms with Crippen molar-refractivity contribution in [2.45, 2.75) is 45.7 Å². The summed E-state index contributed by atoms with van der Waals surface area (Å²) in [5.74, 6) is 1.05. The topological polar surface area (TPSA) is 40.7 Å². The molecule has 0 radical (unpaired) electrons. The average molecular weight is 255 g/mol. The van der Waals surface area contributed by atoms with E-state index in [1.807, 2.05) is 6.20 Å². The number of hydrogen-bond acceptors (Lipinski definition) is 2. The Morgan fingerprint density at radius 1 is 1.21 bits per heavy atom. The van der Waals surface area contributed by atoms with Gasteiger partial charge in [-0.1, -0.05) is 29.3 Å². The van der Waals surface area contributed by atoms with Crippen LogP contribution in [0.4, 0.5) is 0 Å². The molecule has 19 heavy (non-hydrogen) atoms. The van der Waals surface area contributed by atoms with Crippen LogP contribution in [-0.2, 0) is 13.0 Å². The van der Waals surface area contributed by atoms with Crippen molar-refractivity contribution in [3.63, 3.8) is 0 Å². The molecule has 3 rings (SSSR count). The summed E-state index contributed by atoms with van der Waals surface area (Å²) >= 11 is 0. The quantitative estimate of drug-likeness (QED) is 0.862. The van der Waals surface area contributed by atoms with Gasteiger partial charge in [-0.2, -0.15) is 0 Å². The third-order valence-corrected chi connectivity index (χ3v) is 3.49. The van der Waals surface area contributed by atoms with Crippen LogP contribution < -0.4 is 5.32 Å². The lowest BCUT2D eigenvalue weighted by Gasteiger charge is -2.03. The number of aromatic amines is 1. The number of nitrogens with zero attached hydrogens (tertiary/aromatic N) is 1. The summed E-state index contributed by atoms with van der Waals surface area (Å²) in [4.78, 5) is 7.88. The van der Waals surface area contributed by atoms with Crippen molar-refractivity contribution in [1.82, 2.24) is 15.3 Å². The van der Waals surface area contributed by atoms with E-state index in [0.717, 1.165) is 24.8 Å². The average Bonchev–Trinajstić information content (AvgIpc) is 3.06. The van der Waals surface area contributed by atoms with Crippen LogP contribution in [-0.4, -0.2) is 16.0 Å². The number of aromatic nitrogens is 2. The van der Waals surface area contributed by atoms with Gasteiger partial charge in [0.25, 0.3) is 0 Å². The van der Waals surface area contributed by atoms with Crippen molar-refractivity contribution >= 4 is 0 Å². The van der Waals surface area contributed by atoms with E-state index in [-0.39, 0.29) is 0 Å². The number of aryl methyl sites for hydroxylation is 2. The molecule has 1 aromatic carbocycles. The number of hydrogen-bond donors (Lipinski definition) is 2. The lowest BCUT2D eigenvalue weighted by molar-refractivity contribution is 0.676. The van der Waals surface area contributed by atoms with Crippen molar-refractivity contribution < 1.29 is 0 Å². The third kappa shape index (κ3) is 3.44. The van der Waals surface area contributed by atoms with Crippen LogP contribution >= 0.6 is 0 Å². The van der Waals surface area contributed by atoms with Gasteiger partial charge in [0, 0.05) is 30.9 Å². The Bertz CT molecular complexity index is 547. The van der Waals surface area contributed by atoms with E-state index in [9.17, 15) is 0 Å². The normalized spacial score (nSPS) is 14.8. The Labute approximate surface area is 114 Å². The fraction of sp³-hybridized carbons (Fsp3) is 0.438. The minimum absolute atomic E-state index is 0.742. The number of rotatable bonds is 5. The first kappa shape index (κ1) is 12.4. The van der Waals surface area contributed by atoms with E-state index < -0.39 is 0 Å². The first-order chi connectivity index (χ1) is 9.19. The number of H-pyrrole nitrogens is 1. The zero-order chi connectivity index (χ0) is 13.2. The van der Waals surface area contributed by atoms with Gasteiger partial charge in [-0.15, -0.1) is 0 Å². The molecule has 0 bridgehead atoms. The van der Waals surface area contributed by atoms with Crippen LogP contribution in [0.1, 0.15) is 41.1 Å². The molecule has 0 unspecified atom stereocenters. The monoisotopic (exact) mass is 255 g/mol. The first-order valence-electron chi connectivity index (χ1n) is 7.02. The minimum Gasteiger partial charge on any atom is -0.345 e. The predicted molar refractivity (Wildman–Crippen MR) is 77.2 cm³/mol. The van der Waals surface area contributed by atoms with Crippen LogP contribution in [0.2, 0.25) is 0 Å². The molecule has 1 saturated carbocycles. The molecule has 1 aromatic heterocycles. The van der Waals surface area contributed by atoms with Crippen molar-refractivity contribution in [2.75, 3.05) is 0 Å². The summed E-state index contributed by atoms with van der Waals surface area (Å²) in [7, 11) is 0. The highest BCUT2D eigenvalue weighted by atomic mass is 15.0. The van der Waals surface area contributed by atoms with Gasteiger partial charge in [0.15, 0.2) is 0 Å². The van der Waals surface area contributed by atoms with Crippen molar-refractivity contribution in [1.29, 1.82) is 0 Å². The van der Waals surface area contributed by atoms with Crippen molar-refractivity contribution in [3.05, 3.63) is 52.6 Å². The smallest absolute Gasteiger partial charge is 0.110 e. The molecule has 3 heteroatoms. The van der Waals surface area contributed by atoms with Gasteiger partial charge in [0.05, 0.1) is 0 Å². The summed E-state index contributed by atoms with van der Waals surface area (Å²) in [6, 6.07) is 7.41. The standard InChI is InChI=1S/C16H21N3/c1-11-5-12(2)7-13(6-11)8-16-18-10-15(19-16)9-17-14-3-4-14/h5-7,10,14,17H,3-4,8-9H2,1-2H3,(H,18,19). The summed E-state index contributed by atoms with van der Waals surface area (Å²) in [5, 5.41) is 3.50. The molecule has 0 aliphatic heterocycles. The molecule has 1 aliphatic rings. The maximum atomic E-state index is 4.47. The maximum absolute atomic E-state index is 4.47. The van der Waals surface area contributed by atoms with Crippen LogP contribution in [0, 0.1) is 13.8 Å². The zero-order valence-electron chi connectivity index (χ0n) is 11.7. The second-order valence-corrected chi connectivity index (χ2v) is 5.68.